The van der Waals surface area contributed by atoms with Crippen molar-refractivity contribution >= 4 is 41.5 Å². The van der Waals surface area contributed by atoms with Crippen molar-refractivity contribution in [2.75, 3.05) is 19.7 Å². The number of nitrogens with two attached hydrogens (primary N) is 1. The van der Waals surface area contributed by atoms with Crippen molar-refractivity contribution < 1.29 is 9.53 Å². The third-order valence-corrected chi connectivity index (χ3v) is 4.66. The Kier molecular flexibility index (Phi) is 6.81. The minimum Gasteiger partial charge on any atom is -0.484 e. The van der Waals surface area contributed by atoms with Crippen molar-refractivity contribution in [2.45, 2.75) is 26.3 Å². The van der Waals surface area contributed by atoms with E-state index in [2.05, 4.69) is 13.8 Å². The van der Waals surface area contributed by atoms with Crippen molar-refractivity contribution in [2.24, 2.45) is 11.1 Å². The molecule has 1 atom stereocenters. The third kappa shape index (κ3) is 4.66. The Morgan fingerprint density at radius 1 is 1.41 bits per heavy atom. The Morgan fingerprint density at radius 2 is 2.09 bits per heavy atom. The van der Waals surface area contributed by atoms with Crippen LogP contribution in [0.1, 0.15) is 20.3 Å². The summed E-state index contributed by atoms with van der Waals surface area (Å²) < 4.78 is 5.49. The van der Waals surface area contributed by atoms with Gasteiger partial charge in [0.1, 0.15) is 5.75 Å². The fourth-order valence-electron chi connectivity index (χ4n) is 2.39. The molecule has 1 aliphatic rings. The highest BCUT2D eigenvalue weighted by molar-refractivity contribution is 6.42. The zero-order chi connectivity index (χ0) is 15.6. The summed E-state index contributed by atoms with van der Waals surface area (Å²) in [4.78, 5) is 14.0. The highest BCUT2D eigenvalue weighted by atomic mass is 35.5. The first-order chi connectivity index (χ1) is 9.79. The van der Waals surface area contributed by atoms with Crippen LogP contribution in [0.2, 0.25) is 10.0 Å². The Hall–Kier alpha value is -0.680. The zero-order valence-electron chi connectivity index (χ0n) is 12.6. The summed E-state index contributed by atoms with van der Waals surface area (Å²) in [5.74, 6) is 0.492. The highest BCUT2D eigenvalue weighted by Gasteiger charge is 2.35. The minimum absolute atomic E-state index is 0. The van der Waals surface area contributed by atoms with Crippen LogP contribution in [0.4, 0.5) is 0 Å². The number of likely N-dealkylation sites (tertiary alicyclic amines) is 1. The summed E-state index contributed by atoms with van der Waals surface area (Å²) >= 11 is 11.7. The Morgan fingerprint density at radius 3 is 2.68 bits per heavy atom. The van der Waals surface area contributed by atoms with Gasteiger partial charge in [-0.3, -0.25) is 4.79 Å². The summed E-state index contributed by atoms with van der Waals surface area (Å²) in [5, 5.41) is 0.869. The van der Waals surface area contributed by atoms with Gasteiger partial charge in [-0.15, -0.1) is 12.4 Å². The second-order valence-corrected chi connectivity index (χ2v) is 6.88. The molecule has 22 heavy (non-hydrogen) atoms. The van der Waals surface area contributed by atoms with Gasteiger partial charge in [0.05, 0.1) is 10.0 Å². The van der Waals surface area contributed by atoms with Crippen molar-refractivity contribution in [1.29, 1.82) is 0 Å². The Labute approximate surface area is 147 Å². The second-order valence-electron chi connectivity index (χ2n) is 6.06. The molecule has 1 fully saturated rings. The molecule has 2 N–H and O–H groups in total. The molecule has 1 heterocycles. The van der Waals surface area contributed by atoms with Gasteiger partial charge in [0, 0.05) is 25.2 Å². The lowest BCUT2D eigenvalue weighted by molar-refractivity contribution is -0.136. The molecule has 0 spiro atoms. The van der Waals surface area contributed by atoms with Crippen LogP contribution in [0.25, 0.3) is 0 Å². The number of ether oxygens (including phenoxy) is 1. The van der Waals surface area contributed by atoms with Crippen LogP contribution in [0.5, 0.6) is 5.75 Å². The number of hydrogen-bond acceptors (Lipinski definition) is 3. The van der Waals surface area contributed by atoms with Crippen LogP contribution >= 0.6 is 35.6 Å². The number of hydrogen-bond donors (Lipinski definition) is 1. The predicted molar refractivity (Wildman–Crippen MR) is 92.2 cm³/mol. The van der Waals surface area contributed by atoms with Gasteiger partial charge in [-0.2, -0.15) is 0 Å². The van der Waals surface area contributed by atoms with Crippen molar-refractivity contribution in [3.8, 4) is 5.75 Å². The topological polar surface area (TPSA) is 55.6 Å². The van der Waals surface area contributed by atoms with Gasteiger partial charge in [0.15, 0.2) is 6.61 Å². The van der Waals surface area contributed by atoms with E-state index in [-0.39, 0.29) is 36.4 Å². The zero-order valence-corrected chi connectivity index (χ0v) is 15.0. The number of nitrogens with zero attached hydrogens (tertiary/aromatic N) is 1. The molecule has 1 saturated heterocycles. The number of carbonyl (C=O) groups is 1. The molecule has 0 aromatic heterocycles. The van der Waals surface area contributed by atoms with E-state index in [0.717, 1.165) is 6.42 Å². The normalized spacial score (nSPS) is 20.2. The molecule has 4 nitrogen and oxygen atoms in total. The van der Waals surface area contributed by atoms with E-state index in [4.69, 9.17) is 33.7 Å². The van der Waals surface area contributed by atoms with E-state index in [1.165, 1.54) is 0 Å². The monoisotopic (exact) mass is 366 g/mol. The number of halogens is 3. The van der Waals surface area contributed by atoms with Crippen LogP contribution in [0, 0.1) is 5.41 Å². The van der Waals surface area contributed by atoms with E-state index < -0.39 is 0 Å². The van der Waals surface area contributed by atoms with Gasteiger partial charge in [-0.25, -0.2) is 0 Å². The molecule has 1 aliphatic heterocycles. The smallest absolute Gasteiger partial charge is 0.260 e. The van der Waals surface area contributed by atoms with Crippen molar-refractivity contribution in [3.05, 3.63) is 28.2 Å². The first-order valence-electron chi connectivity index (χ1n) is 6.91. The molecule has 0 bridgehead atoms. The van der Waals surface area contributed by atoms with Gasteiger partial charge >= 0.3 is 0 Å². The summed E-state index contributed by atoms with van der Waals surface area (Å²) in [5.41, 5.74) is 6.00. The lowest BCUT2D eigenvalue weighted by Gasteiger charge is -2.42. The molecular formula is C15H21Cl3N2O2. The first-order valence-corrected chi connectivity index (χ1v) is 7.66. The van der Waals surface area contributed by atoms with E-state index in [1.54, 1.807) is 23.1 Å². The number of carbonyl (C=O) groups excluding carboxylic acids is 1. The standard InChI is InChI=1S/C15H20Cl2N2O2.ClH/c1-15(2)9-19(6-5-13(15)18)14(20)8-21-10-3-4-11(16)12(17)7-10;/h3-4,7,13H,5-6,8-9,18H2,1-2H3;1H. The molecule has 0 radical (unpaired) electrons. The number of amides is 1. The van der Waals surface area contributed by atoms with Crippen LogP contribution in [-0.2, 0) is 4.79 Å². The van der Waals surface area contributed by atoms with E-state index >= 15 is 0 Å². The lowest BCUT2D eigenvalue weighted by atomic mass is 9.80. The quantitative estimate of drug-likeness (QED) is 0.891. The lowest BCUT2D eigenvalue weighted by Crippen LogP contribution is -2.54. The van der Waals surface area contributed by atoms with Gasteiger partial charge in [-0.1, -0.05) is 37.0 Å². The summed E-state index contributed by atoms with van der Waals surface area (Å²) in [6, 6.07) is 5.06. The summed E-state index contributed by atoms with van der Waals surface area (Å²) in [6.07, 6.45) is 0.811. The Bertz CT molecular complexity index is 538. The fraction of sp³-hybridized carbons (Fsp3) is 0.533. The first kappa shape index (κ1) is 19.4. The molecular weight excluding hydrogens is 347 g/mol. The van der Waals surface area contributed by atoms with Gasteiger partial charge in [0.2, 0.25) is 0 Å². The van der Waals surface area contributed by atoms with Gasteiger partial charge < -0.3 is 15.4 Å². The molecule has 0 aliphatic carbocycles. The maximum Gasteiger partial charge on any atom is 0.260 e. The number of piperidine rings is 1. The molecule has 1 amide bonds. The van der Waals surface area contributed by atoms with Gasteiger partial charge in [0.25, 0.3) is 5.91 Å². The van der Waals surface area contributed by atoms with Crippen LogP contribution in [0.3, 0.4) is 0 Å². The van der Waals surface area contributed by atoms with Crippen molar-refractivity contribution in [3.63, 3.8) is 0 Å². The molecule has 124 valence electrons. The molecule has 1 aromatic rings. The van der Waals surface area contributed by atoms with E-state index in [1.807, 2.05) is 0 Å². The van der Waals surface area contributed by atoms with Crippen LogP contribution < -0.4 is 10.5 Å². The van der Waals surface area contributed by atoms with Gasteiger partial charge in [-0.05, 0) is 24.0 Å². The average Bonchev–Trinajstić information content (AvgIpc) is 2.42. The van der Waals surface area contributed by atoms with Crippen LogP contribution in [-0.4, -0.2) is 36.5 Å². The molecule has 1 unspecified atom stereocenters. The maximum atomic E-state index is 12.2. The maximum absolute atomic E-state index is 12.2. The van der Waals surface area contributed by atoms with E-state index in [0.29, 0.717) is 28.9 Å². The van der Waals surface area contributed by atoms with E-state index in [9.17, 15) is 4.79 Å². The molecule has 1 aromatic carbocycles. The number of rotatable bonds is 3. The fourth-order valence-corrected chi connectivity index (χ4v) is 2.68. The highest BCUT2D eigenvalue weighted by Crippen LogP contribution is 2.28. The largest absolute Gasteiger partial charge is 0.484 e. The minimum atomic E-state index is -0.0719. The van der Waals surface area contributed by atoms with Crippen LogP contribution in [0.15, 0.2) is 18.2 Å². The predicted octanol–water partition coefficient (Wildman–Crippen LogP) is 3.38. The summed E-state index contributed by atoms with van der Waals surface area (Å²) in [6.45, 7) is 5.48. The molecule has 2 rings (SSSR count). The third-order valence-electron chi connectivity index (χ3n) is 3.92. The van der Waals surface area contributed by atoms with Crippen molar-refractivity contribution in [1.82, 2.24) is 4.90 Å². The molecule has 0 saturated carbocycles. The SMILES string of the molecule is CC1(C)CN(C(=O)COc2ccc(Cl)c(Cl)c2)CCC1N.Cl. The molecule has 7 heteroatoms. The average molecular weight is 368 g/mol. The number of benzene rings is 1. The second kappa shape index (κ2) is 7.73. The summed E-state index contributed by atoms with van der Waals surface area (Å²) in [7, 11) is 0. The Balaban J connectivity index is 0.00000242.